The Balaban J connectivity index is 1.39. The highest BCUT2D eigenvalue weighted by Crippen LogP contribution is 2.33. The molecule has 0 bridgehead atoms. The number of pyridine rings is 1. The highest BCUT2D eigenvalue weighted by Gasteiger charge is 2.45. The third-order valence-electron chi connectivity index (χ3n) is 8.00. The van der Waals surface area contributed by atoms with Crippen LogP contribution >= 0.6 is 0 Å². The van der Waals surface area contributed by atoms with Gasteiger partial charge in [0.2, 0.25) is 0 Å². The SMILES string of the molecule is COC(=O)[C@H](Cc1ccc(-n2c(=O)c3cc(C#N)ccc3n(C)c2=O)nc1)NC(=O)c1c(C)cc(N2CCOC[C@@H]2C(F)(F)F)cc1F. The third kappa shape index (κ3) is 6.49. The van der Waals surface area contributed by atoms with E-state index in [9.17, 15) is 37.6 Å². The molecule has 4 aromatic rings. The van der Waals surface area contributed by atoms with Gasteiger partial charge in [0.15, 0.2) is 0 Å². The van der Waals surface area contributed by atoms with E-state index >= 15 is 4.39 Å². The van der Waals surface area contributed by atoms with Crippen molar-refractivity contribution in [2.45, 2.75) is 31.6 Å². The van der Waals surface area contributed by atoms with Crippen molar-refractivity contribution < 1.29 is 36.6 Å². The first-order chi connectivity index (χ1) is 22.7. The van der Waals surface area contributed by atoms with Crippen LogP contribution in [0.3, 0.4) is 0 Å². The summed E-state index contributed by atoms with van der Waals surface area (Å²) in [5, 5.41) is 11.8. The van der Waals surface area contributed by atoms with Crippen molar-refractivity contribution in [1.29, 1.82) is 5.26 Å². The Labute approximate surface area is 269 Å². The molecule has 1 fully saturated rings. The lowest BCUT2D eigenvalue weighted by atomic mass is 10.0. The van der Waals surface area contributed by atoms with Crippen LogP contribution in [0.2, 0.25) is 0 Å². The quantitative estimate of drug-likeness (QED) is 0.232. The molecule has 0 unspecified atom stereocenters. The average Bonchev–Trinajstić information content (AvgIpc) is 3.06. The number of fused-ring (bicyclic) bond motifs is 1. The van der Waals surface area contributed by atoms with Crippen LogP contribution in [-0.2, 0) is 27.7 Å². The number of anilines is 1. The summed E-state index contributed by atoms with van der Waals surface area (Å²) >= 11 is 0. The van der Waals surface area contributed by atoms with Crippen molar-refractivity contribution in [2.24, 2.45) is 7.05 Å². The van der Waals surface area contributed by atoms with Crippen LogP contribution in [0.25, 0.3) is 16.7 Å². The van der Waals surface area contributed by atoms with E-state index in [2.05, 4.69) is 10.3 Å². The molecule has 48 heavy (non-hydrogen) atoms. The summed E-state index contributed by atoms with van der Waals surface area (Å²) in [4.78, 5) is 57.4. The number of alkyl halides is 3. The van der Waals surface area contributed by atoms with Crippen LogP contribution in [0.1, 0.15) is 27.0 Å². The van der Waals surface area contributed by atoms with Crippen LogP contribution in [0, 0.1) is 24.1 Å². The van der Waals surface area contributed by atoms with Crippen molar-refractivity contribution in [2.75, 3.05) is 31.8 Å². The Hall–Kier alpha value is -5.56. The fourth-order valence-electron chi connectivity index (χ4n) is 5.57. The second kappa shape index (κ2) is 13.3. The maximum Gasteiger partial charge on any atom is 0.411 e. The maximum atomic E-state index is 15.3. The normalized spacial score (nSPS) is 15.5. The van der Waals surface area contributed by atoms with Gasteiger partial charge in [-0.15, -0.1) is 0 Å². The number of carbonyl (C=O) groups excluding carboxylic acids is 2. The number of halogens is 4. The number of aryl methyl sites for hydroxylation is 2. The van der Waals surface area contributed by atoms with Crippen molar-refractivity contribution >= 4 is 28.5 Å². The van der Waals surface area contributed by atoms with Gasteiger partial charge in [0, 0.05) is 31.9 Å². The maximum absolute atomic E-state index is 15.3. The number of benzene rings is 2. The lowest BCUT2D eigenvalue weighted by Gasteiger charge is -2.38. The molecule has 5 rings (SSSR count). The van der Waals surface area contributed by atoms with Gasteiger partial charge < -0.3 is 19.7 Å². The highest BCUT2D eigenvalue weighted by atomic mass is 19.4. The zero-order chi connectivity index (χ0) is 34.9. The van der Waals surface area contributed by atoms with Gasteiger partial charge >= 0.3 is 17.8 Å². The van der Waals surface area contributed by atoms with Crippen molar-refractivity contribution in [3.05, 3.63) is 97.6 Å². The Morgan fingerprint density at radius 1 is 1.19 bits per heavy atom. The zero-order valence-corrected chi connectivity index (χ0v) is 25.8. The summed E-state index contributed by atoms with van der Waals surface area (Å²) in [6.45, 7) is 0.603. The number of methoxy groups -OCH3 is 1. The van der Waals surface area contributed by atoms with Crippen LogP contribution < -0.4 is 21.5 Å². The molecule has 1 amide bonds. The van der Waals surface area contributed by atoms with Crippen LogP contribution in [0.5, 0.6) is 0 Å². The van der Waals surface area contributed by atoms with Crippen LogP contribution in [0.15, 0.2) is 58.3 Å². The molecule has 2 atom stereocenters. The summed E-state index contributed by atoms with van der Waals surface area (Å²) in [6.07, 6.45) is -3.55. The molecule has 250 valence electrons. The van der Waals surface area contributed by atoms with Gasteiger partial charge in [0.25, 0.3) is 11.5 Å². The smallest absolute Gasteiger partial charge is 0.411 e. The number of nitriles is 1. The summed E-state index contributed by atoms with van der Waals surface area (Å²) in [6, 6.07) is 7.88. The first kappa shape index (κ1) is 33.8. The van der Waals surface area contributed by atoms with E-state index in [-0.39, 0.29) is 47.6 Å². The van der Waals surface area contributed by atoms with E-state index in [0.717, 1.165) is 22.6 Å². The van der Waals surface area contributed by atoms with E-state index < -0.39 is 59.4 Å². The molecule has 12 nitrogen and oxygen atoms in total. The topological polar surface area (TPSA) is 149 Å². The molecule has 2 aromatic heterocycles. The standard InChI is InChI=1S/C32H28F4N6O6/c1-17-10-20(41-8-9-48-16-25(41)32(34,35)36)13-22(33)27(17)28(43)39-23(30(45)47-3)12-19-5-7-26(38-15-19)42-29(44)21-11-18(14-37)4-6-24(21)40(2)31(42)46/h4-7,10-11,13,15,23,25H,8-9,12,16H2,1-3H3,(H,39,43)/t23-,25+/m0/s1. The van der Waals surface area contributed by atoms with Crippen LogP contribution in [-0.4, -0.2) is 71.1 Å². The predicted molar refractivity (Wildman–Crippen MR) is 163 cm³/mol. The number of nitrogens with zero attached hydrogens (tertiary/aromatic N) is 5. The molecule has 0 radical (unpaired) electrons. The van der Waals surface area contributed by atoms with Crippen molar-refractivity contribution in [3.63, 3.8) is 0 Å². The molecule has 2 aromatic carbocycles. The largest absolute Gasteiger partial charge is 0.467 e. The molecule has 1 saturated heterocycles. The summed E-state index contributed by atoms with van der Waals surface area (Å²) in [5.41, 5.74) is -0.987. The van der Waals surface area contributed by atoms with E-state index in [1.54, 1.807) is 0 Å². The highest BCUT2D eigenvalue weighted by molar-refractivity contribution is 5.98. The Morgan fingerprint density at radius 3 is 2.56 bits per heavy atom. The molecule has 0 spiro atoms. The number of hydrogen-bond acceptors (Lipinski definition) is 9. The first-order valence-electron chi connectivity index (χ1n) is 14.5. The van der Waals surface area contributed by atoms with Crippen LogP contribution in [0.4, 0.5) is 23.2 Å². The molecule has 16 heteroatoms. The van der Waals surface area contributed by atoms with Gasteiger partial charge in [-0.25, -0.2) is 23.5 Å². The number of nitrogens with one attached hydrogen (secondary N) is 1. The van der Waals surface area contributed by atoms with Gasteiger partial charge in [-0.2, -0.15) is 18.4 Å². The second-order valence-electron chi connectivity index (χ2n) is 11.0. The molecular weight excluding hydrogens is 640 g/mol. The first-order valence-corrected chi connectivity index (χ1v) is 14.5. The fraction of sp³-hybridized carbons (Fsp3) is 0.312. The Morgan fingerprint density at radius 2 is 1.94 bits per heavy atom. The fourth-order valence-corrected chi connectivity index (χ4v) is 5.57. The van der Waals surface area contributed by atoms with E-state index in [1.165, 1.54) is 61.1 Å². The third-order valence-corrected chi connectivity index (χ3v) is 8.00. The molecule has 1 N–H and O–H groups in total. The van der Waals surface area contributed by atoms with Crippen molar-refractivity contribution in [1.82, 2.24) is 19.4 Å². The minimum absolute atomic E-state index is 0.00492. The number of ether oxygens (including phenoxy) is 2. The number of hydrogen-bond donors (Lipinski definition) is 1. The number of carbonyl (C=O) groups is 2. The minimum atomic E-state index is -4.63. The van der Waals surface area contributed by atoms with Crippen molar-refractivity contribution in [3.8, 4) is 11.9 Å². The number of aromatic nitrogens is 3. The Kier molecular flexibility index (Phi) is 9.35. The summed E-state index contributed by atoms with van der Waals surface area (Å²) in [5.74, 6) is -3.02. The number of esters is 1. The van der Waals surface area contributed by atoms with E-state index in [1.807, 2.05) is 6.07 Å². The minimum Gasteiger partial charge on any atom is -0.467 e. The lowest BCUT2D eigenvalue weighted by molar-refractivity contribution is -0.167. The number of morpholine rings is 1. The number of rotatable bonds is 7. The van der Waals surface area contributed by atoms with Gasteiger partial charge in [-0.3, -0.25) is 14.2 Å². The van der Waals surface area contributed by atoms with E-state index in [4.69, 9.17) is 9.47 Å². The summed E-state index contributed by atoms with van der Waals surface area (Å²) in [7, 11) is 2.55. The summed E-state index contributed by atoms with van der Waals surface area (Å²) < 4.78 is 68.0. The molecule has 3 heterocycles. The van der Waals surface area contributed by atoms with Gasteiger partial charge in [-0.05, 0) is 54.4 Å². The predicted octanol–water partition coefficient (Wildman–Crippen LogP) is 2.69. The molecule has 1 aliphatic rings. The van der Waals surface area contributed by atoms with Gasteiger partial charge in [0.1, 0.15) is 23.7 Å². The zero-order valence-electron chi connectivity index (χ0n) is 25.8. The van der Waals surface area contributed by atoms with Gasteiger partial charge in [-0.1, -0.05) is 6.07 Å². The average molecular weight is 669 g/mol. The molecule has 0 aliphatic carbocycles. The van der Waals surface area contributed by atoms with Gasteiger partial charge in [0.05, 0.1) is 48.4 Å². The number of amides is 1. The monoisotopic (exact) mass is 668 g/mol. The second-order valence-corrected chi connectivity index (χ2v) is 11.0. The Bertz CT molecular complexity index is 2050. The molecule has 1 aliphatic heterocycles. The molecular formula is C32H28F4N6O6. The van der Waals surface area contributed by atoms with E-state index in [0.29, 0.717) is 11.1 Å². The lowest BCUT2D eigenvalue weighted by Crippen LogP contribution is -2.53. The molecule has 0 saturated carbocycles.